The lowest BCUT2D eigenvalue weighted by atomic mass is 10.1. The van der Waals surface area contributed by atoms with Crippen LogP contribution in [0.3, 0.4) is 0 Å². The molecular formula is C24H23N5OS. The monoisotopic (exact) mass is 429 g/mol. The fraction of sp³-hybridized carbons (Fsp3) is 0.0833. The zero-order valence-corrected chi connectivity index (χ0v) is 18.1. The van der Waals surface area contributed by atoms with Crippen molar-refractivity contribution in [1.29, 1.82) is 5.41 Å². The van der Waals surface area contributed by atoms with Crippen molar-refractivity contribution in [2.45, 2.75) is 18.7 Å². The molecule has 7 heteroatoms. The van der Waals surface area contributed by atoms with E-state index in [-0.39, 0.29) is 5.75 Å². The summed E-state index contributed by atoms with van der Waals surface area (Å²) in [5.41, 5.74) is 12.1. The van der Waals surface area contributed by atoms with Gasteiger partial charge < -0.3 is 16.2 Å². The van der Waals surface area contributed by atoms with Gasteiger partial charge in [0.2, 0.25) is 0 Å². The highest BCUT2D eigenvalue weighted by Crippen LogP contribution is 2.25. The summed E-state index contributed by atoms with van der Waals surface area (Å²) >= 11 is 4.27. The number of allylic oxidation sites excluding steroid dienone is 1. The summed E-state index contributed by atoms with van der Waals surface area (Å²) in [5.74, 6) is 0.106. The third-order valence-corrected chi connectivity index (χ3v) is 5.08. The molecule has 6 nitrogen and oxygen atoms in total. The first kappa shape index (κ1) is 22.0. The Hall–Kier alpha value is -3.71. The predicted octanol–water partition coefficient (Wildman–Crippen LogP) is 4.94. The molecule has 4 rings (SSSR count). The number of pyridine rings is 1. The van der Waals surface area contributed by atoms with E-state index in [4.69, 9.17) is 11.1 Å². The topological polar surface area (TPSA) is 109 Å². The molecule has 4 aromatic rings. The maximum Gasteiger partial charge on any atom is 0.134 e. The molecule has 0 bridgehead atoms. The molecule has 0 saturated heterocycles. The number of aromatic nitrogens is 3. The van der Waals surface area contributed by atoms with E-state index < -0.39 is 0 Å². The minimum atomic E-state index is 0.106. The number of nitrogens with one attached hydrogen (secondary N) is 1. The van der Waals surface area contributed by atoms with Crippen LogP contribution in [0.4, 0.5) is 0 Å². The first-order valence-electron chi connectivity index (χ1n) is 9.51. The molecule has 0 aliphatic carbocycles. The number of fused-ring (bicyclic) bond motifs is 1. The second-order valence-corrected chi connectivity index (χ2v) is 7.43. The molecule has 0 radical (unpaired) electrons. The second kappa shape index (κ2) is 9.86. The third kappa shape index (κ3) is 5.46. The van der Waals surface area contributed by atoms with Crippen LogP contribution in [0, 0.1) is 19.3 Å². The van der Waals surface area contributed by atoms with E-state index >= 15 is 0 Å². The van der Waals surface area contributed by atoms with Gasteiger partial charge in [-0.25, -0.2) is 4.98 Å². The zero-order valence-electron chi connectivity index (χ0n) is 17.2. The standard InChI is InChI=1S/C16H13N5O.C8H10S/c17-5-12(6-18)16-9-20-14-2-1-10(4-15(14)21-16)11-3-13(22)8-19-7-11;1-6-3-4-7(2)8(9)5-6/h1-9,17,22H,18H2;3-5,9H,1-2H3/b12-6+,17-5?;. The van der Waals surface area contributed by atoms with Crippen LogP contribution in [0.25, 0.3) is 27.7 Å². The van der Waals surface area contributed by atoms with Crippen molar-refractivity contribution in [3.8, 4) is 16.9 Å². The van der Waals surface area contributed by atoms with E-state index in [0.29, 0.717) is 16.8 Å². The number of hydrogen-bond acceptors (Lipinski definition) is 7. The van der Waals surface area contributed by atoms with Crippen LogP contribution < -0.4 is 5.73 Å². The highest BCUT2D eigenvalue weighted by Gasteiger charge is 2.06. The van der Waals surface area contributed by atoms with Gasteiger partial charge >= 0.3 is 0 Å². The molecule has 4 N–H and O–H groups in total. The molecule has 2 aromatic heterocycles. The fourth-order valence-electron chi connectivity index (χ4n) is 2.84. The largest absolute Gasteiger partial charge is 0.506 e. The van der Waals surface area contributed by atoms with Crippen LogP contribution in [-0.4, -0.2) is 26.3 Å². The van der Waals surface area contributed by atoms with Gasteiger partial charge in [-0.2, -0.15) is 0 Å². The van der Waals surface area contributed by atoms with Gasteiger partial charge in [0, 0.05) is 34.6 Å². The molecule has 0 spiro atoms. The maximum absolute atomic E-state index is 9.53. The Balaban J connectivity index is 0.000000254. The van der Waals surface area contributed by atoms with E-state index in [2.05, 4.69) is 59.6 Å². The number of aryl methyl sites for hydroxylation is 2. The van der Waals surface area contributed by atoms with Crippen LogP contribution in [-0.2, 0) is 0 Å². The Labute approximate surface area is 186 Å². The average molecular weight is 430 g/mol. The number of nitrogens with zero attached hydrogens (tertiary/aromatic N) is 3. The van der Waals surface area contributed by atoms with E-state index in [1.54, 1.807) is 18.5 Å². The van der Waals surface area contributed by atoms with E-state index in [9.17, 15) is 5.11 Å². The van der Waals surface area contributed by atoms with Crippen LogP contribution in [0.5, 0.6) is 5.75 Å². The Morgan fingerprint density at radius 1 is 1.00 bits per heavy atom. The van der Waals surface area contributed by atoms with Crippen molar-refractivity contribution < 1.29 is 5.11 Å². The minimum absolute atomic E-state index is 0.106. The number of hydrogen-bond donors (Lipinski definition) is 4. The molecule has 0 amide bonds. The lowest BCUT2D eigenvalue weighted by Crippen LogP contribution is -1.96. The van der Waals surface area contributed by atoms with Gasteiger partial charge in [-0.3, -0.25) is 9.97 Å². The van der Waals surface area contributed by atoms with Gasteiger partial charge in [-0.05, 0) is 49.2 Å². The molecule has 0 aliphatic rings. The summed E-state index contributed by atoms with van der Waals surface area (Å²) in [4.78, 5) is 13.9. The normalized spacial score (nSPS) is 11.0. The Bertz CT molecular complexity index is 1270. The summed E-state index contributed by atoms with van der Waals surface area (Å²) < 4.78 is 0. The Morgan fingerprint density at radius 2 is 1.81 bits per heavy atom. The first-order chi connectivity index (χ1) is 14.9. The SMILES string of the molecule is Cc1ccc(C)c(S)c1.N=C/C(=C\N)c1cnc2ccc(-c3cncc(O)c3)cc2n1. The summed E-state index contributed by atoms with van der Waals surface area (Å²) in [6.07, 6.45) is 7.10. The van der Waals surface area contributed by atoms with E-state index in [1.807, 2.05) is 18.2 Å². The molecule has 156 valence electrons. The van der Waals surface area contributed by atoms with Crippen LogP contribution in [0.1, 0.15) is 16.8 Å². The highest BCUT2D eigenvalue weighted by atomic mass is 32.1. The highest BCUT2D eigenvalue weighted by molar-refractivity contribution is 7.80. The Morgan fingerprint density at radius 3 is 2.45 bits per heavy atom. The van der Waals surface area contributed by atoms with Crippen molar-refractivity contribution in [2.75, 3.05) is 0 Å². The molecule has 0 unspecified atom stereocenters. The smallest absolute Gasteiger partial charge is 0.134 e. The van der Waals surface area contributed by atoms with Crippen molar-refractivity contribution in [1.82, 2.24) is 15.0 Å². The lowest BCUT2D eigenvalue weighted by Gasteiger charge is -2.05. The quantitative estimate of drug-likeness (QED) is 0.272. The van der Waals surface area contributed by atoms with Gasteiger partial charge in [0.25, 0.3) is 0 Å². The number of aromatic hydroxyl groups is 1. The van der Waals surface area contributed by atoms with E-state index in [0.717, 1.165) is 27.8 Å². The predicted molar refractivity (Wildman–Crippen MR) is 129 cm³/mol. The number of nitrogens with two attached hydrogens (primary N) is 1. The number of thiol groups is 1. The van der Waals surface area contributed by atoms with Gasteiger partial charge in [0.15, 0.2) is 0 Å². The molecular weight excluding hydrogens is 406 g/mol. The molecule has 2 aromatic carbocycles. The van der Waals surface area contributed by atoms with Gasteiger partial charge in [0.05, 0.1) is 29.1 Å². The molecule has 0 atom stereocenters. The third-order valence-electron chi connectivity index (χ3n) is 4.59. The van der Waals surface area contributed by atoms with Gasteiger partial charge in [-0.15, -0.1) is 12.6 Å². The summed E-state index contributed by atoms with van der Waals surface area (Å²) in [6.45, 7) is 4.13. The summed E-state index contributed by atoms with van der Waals surface area (Å²) in [7, 11) is 0. The average Bonchev–Trinajstić information content (AvgIpc) is 2.77. The second-order valence-electron chi connectivity index (χ2n) is 6.95. The molecule has 0 saturated carbocycles. The van der Waals surface area contributed by atoms with Crippen molar-refractivity contribution in [2.24, 2.45) is 5.73 Å². The minimum Gasteiger partial charge on any atom is -0.506 e. The van der Waals surface area contributed by atoms with Crippen molar-refractivity contribution in [3.63, 3.8) is 0 Å². The molecule has 0 aliphatic heterocycles. The Kier molecular flexibility index (Phi) is 6.99. The summed E-state index contributed by atoms with van der Waals surface area (Å²) in [5, 5.41) is 16.9. The van der Waals surface area contributed by atoms with Crippen LogP contribution in [0.15, 0.2) is 72.2 Å². The molecule has 31 heavy (non-hydrogen) atoms. The van der Waals surface area contributed by atoms with Crippen LogP contribution in [0.2, 0.25) is 0 Å². The van der Waals surface area contributed by atoms with Gasteiger partial charge in [0.1, 0.15) is 5.75 Å². The molecule has 0 fully saturated rings. The molecule has 2 heterocycles. The first-order valence-corrected chi connectivity index (χ1v) is 9.96. The van der Waals surface area contributed by atoms with Crippen molar-refractivity contribution in [3.05, 3.63) is 84.1 Å². The number of rotatable bonds is 3. The van der Waals surface area contributed by atoms with Crippen LogP contribution >= 0.6 is 12.6 Å². The summed E-state index contributed by atoms with van der Waals surface area (Å²) in [6, 6.07) is 13.5. The lowest BCUT2D eigenvalue weighted by molar-refractivity contribution is 0.473. The number of benzene rings is 2. The van der Waals surface area contributed by atoms with E-state index in [1.165, 1.54) is 23.5 Å². The fourth-order valence-corrected chi connectivity index (χ4v) is 3.12. The van der Waals surface area contributed by atoms with Crippen molar-refractivity contribution >= 4 is 35.4 Å². The maximum atomic E-state index is 9.53. The zero-order chi connectivity index (χ0) is 22.4. The van der Waals surface area contributed by atoms with Gasteiger partial charge in [-0.1, -0.05) is 23.8 Å².